The topological polar surface area (TPSA) is 138 Å². The Labute approximate surface area is 180 Å². The van der Waals surface area contributed by atoms with Crippen molar-refractivity contribution in [3.05, 3.63) is 73.1 Å². The maximum absolute atomic E-state index is 12.6. The monoisotopic (exact) mass is 442 g/mol. The third kappa shape index (κ3) is 5.01. The van der Waals surface area contributed by atoms with E-state index >= 15 is 0 Å². The number of nitro benzene ring substituents is 2. The molecule has 0 saturated heterocycles. The van der Waals surface area contributed by atoms with Gasteiger partial charge in [-0.1, -0.05) is 0 Å². The molecule has 0 bridgehead atoms. The Balaban J connectivity index is 1.81. The number of anilines is 1. The minimum Gasteiger partial charge on any atom is -0.491 e. The van der Waals surface area contributed by atoms with Gasteiger partial charge in [-0.3, -0.25) is 30.3 Å². The first kappa shape index (κ1) is 21.8. The van der Waals surface area contributed by atoms with Crippen LogP contribution in [0.5, 0.6) is 5.75 Å². The fourth-order valence-corrected chi connectivity index (χ4v) is 3.52. The second-order valence-electron chi connectivity index (χ2n) is 6.84. The van der Waals surface area contributed by atoms with E-state index in [4.69, 9.17) is 4.74 Å². The Morgan fingerprint density at radius 2 is 1.68 bits per heavy atom. The third-order valence-electron chi connectivity index (χ3n) is 4.25. The van der Waals surface area contributed by atoms with Gasteiger partial charge in [-0.2, -0.15) is 0 Å². The molecule has 10 nitrogen and oxygen atoms in total. The molecule has 2 aromatic carbocycles. The van der Waals surface area contributed by atoms with Gasteiger partial charge in [0.25, 0.3) is 17.3 Å². The van der Waals surface area contributed by atoms with Crippen molar-refractivity contribution in [3.8, 4) is 17.0 Å². The van der Waals surface area contributed by atoms with Gasteiger partial charge in [0, 0.05) is 23.1 Å². The Bertz CT molecular complexity index is 1120. The van der Waals surface area contributed by atoms with Crippen LogP contribution in [0.3, 0.4) is 0 Å². The van der Waals surface area contributed by atoms with E-state index in [-0.39, 0.29) is 22.4 Å². The van der Waals surface area contributed by atoms with E-state index in [0.29, 0.717) is 5.69 Å². The molecule has 0 atom stereocenters. The smallest absolute Gasteiger partial charge is 0.279 e. The second kappa shape index (κ2) is 8.88. The number of carbonyl (C=O) groups excluding carboxylic acids is 1. The highest BCUT2D eigenvalue weighted by molar-refractivity contribution is 7.14. The van der Waals surface area contributed by atoms with Gasteiger partial charge < -0.3 is 4.74 Å². The molecular weight excluding hydrogens is 424 g/mol. The molecule has 1 heterocycles. The van der Waals surface area contributed by atoms with Crippen LogP contribution in [0.25, 0.3) is 11.3 Å². The molecule has 11 heteroatoms. The van der Waals surface area contributed by atoms with Crippen LogP contribution in [0.15, 0.2) is 41.8 Å². The van der Waals surface area contributed by atoms with Crippen LogP contribution in [-0.4, -0.2) is 26.8 Å². The van der Waals surface area contributed by atoms with Crippen molar-refractivity contribution < 1.29 is 19.4 Å². The van der Waals surface area contributed by atoms with Gasteiger partial charge in [-0.25, -0.2) is 4.98 Å². The van der Waals surface area contributed by atoms with E-state index in [2.05, 4.69) is 10.3 Å². The van der Waals surface area contributed by atoms with Crippen molar-refractivity contribution >= 4 is 33.8 Å². The number of rotatable bonds is 7. The molecule has 0 unspecified atom stereocenters. The zero-order chi connectivity index (χ0) is 22.7. The van der Waals surface area contributed by atoms with Crippen molar-refractivity contribution in [1.82, 2.24) is 4.98 Å². The van der Waals surface area contributed by atoms with E-state index in [1.807, 2.05) is 38.1 Å². The first-order chi connectivity index (χ1) is 14.7. The Hall–Kier alpha value is -3.86. The second-order valence-corrected chi connectivity index (χ2v) is 7.69. The normalized spacial score (nSPS) is 10.7. The van der Waals surface area contributed by atoms with Crippen LogP contribution in [-0.2, 0) is 0 Å². The van der Waals surface area contributed by atoms with Gasteiger partial charge >= 0.3 is 0 Å². The van der Waals surface area contributed by atoms with Crippen molar-refractivity contribution in [1.29, 1.82) is 0 Å². The summed E-state index contributed by atoms with van der Waals surface area (Å²) in [4.78, 5) is 37.8. The number of aromatic nitrogens is 1. The van der Waals surface area contributed by atoms with Crippen LogP contribution >= 0.6 is 11.3 Å². The molecule has 0 aliphatic carbocycles. The Morgan fingerprint density at radius 1 is 1.10 bits per heavy atom. The predicted octanol–water partition coefficient (Wildman–Crippen LogP) is 4.97. The Morgan fingerprint density at radius 3 is 2.19 bits per heavy atom. The van der Waals surface area contributed by atoms with Crippen molar-refractivity contribution in [3.63, 3.8) is 0 Å². The molecule has 0 radical (unpaired) electrons. The zero-order valence-electron chi connectivity index (χ0n) is 16.8. The average Bonchev–Trinajstić information content (AvgIpc) is 3.16. The number of amides is 1. The summed E-state index contributed by atoms with van der Waals surface area (Å²) in [5.41, 5.74) is 0.126. The molecule has 0 aliphatic heterocycles. The largest absolute Gasteiger partial charge is 0.491 e. The fourth-order valence-electron chi connectivity index (χ4n) is 2.80. The van der Waals surface area contributed by atoms with Crippen LogP contribution in [0.4, 0.5) is 16.5 Å². The minimum absolute atomic E-state index is 0.0559. The average molecular weight is 442 g/mol. The number of benzene rings is 2. The number of thiazole rings is 1. The molecule has 160 valence electrons. The molecule has 3 rings (SSSR count). The van der Waals surface area contributed by atoms with Crippen molar-refractivity contribution in [2.45, 2.75) is 26.9 Å². The fraction of sp³-hybridized carbons (Fsp3) is 0.200. The van der Waals surface area contributed by atoms with Gasteiger partial charge in [0.15, 0.2) is 5.13 Å². The first-order valence-electron chi connectivity index (χ1n) is 9.13. The number of ether oxygens (including phenoxy) is 1. The predicted molar refractivity (Wildman–Crippen MR) is 116 cm³/mol. The van der Waals surface area contributed by atoms with Crippen LogP contribution in [0.2, 0.25) is 0 Å². The highest BCUT2D eigenvalue weighted by Gasteiger charge is 2.25. The number of hydrogen-bond donors (Lipinski definition) is 1. The van der Waals surface area contributed by atoms with Gasteiger partial charge in [-0.05, 0) is 45.0 Å². The van der Waals surface area contributed by atoms with Crippen molar-refractivity contribution in [2.75, 3.05) is 5.32 Å². The molecule has 0 saturated carbocycles. The molecule has 3 aromatic rings. The Kier molecular flexibility index (Phi) is 6.25. The number of nitrogens with one attached hydrogen (secondary N) is 1. The molecule has 0 spiro atoms. The minimum atomic E-state index is -0.757. The van der Waals surface area contributed by atoms with E-state index in [1.165, 1.54) is 6.92 Å². The quantitative estimate of drug-likeness (QED) is 0.402. The van der Waals surface area contributed by atoms with Crippen molar-refractivity contribution in [2.24, 2.45) is 0 Å². The van der Waals surface area contributed by atoms with E-state index < -0.39 is 27.1 Å². The van der Waals surface area contributed by atoms with Gasteiger partial charge in [0.1, 0.15) is 11.3 Å². The lowest BCUT2D eigenvalue weighted by Crippen LogP contribution is -2.13. The molecule has 0 fully saturated rings. The van der Waals surface area contributed by atoms with Crippen LogP contribution < -0.4 is 10.1 Å². The summed E-state index contributed by atoms with van der Waals surface area (Å²) in [7, 11) is 0. The van der Waals surface area contributed by atoms with E-state index in [1.54, 1.807) is 5.38 Å². The van der Waals surface area contributed by atoms with Gasteiger partial charge in [0.2, 0.25) is 0 Å². The number of hydrogen-bond acceptors (Lipinski definition) is 8. The standard InChI is InChI=1S/C20H18N4O6S/c1-11(2)30-15-6-4-13(5-7-15)16-10-31-20(21-16)22-19(25)14-8-17(23(26)27)12(3)18(9-14)24(28)29/h4-11H,1-3H3,(H,21,22,25). The summed E-state index contributed by atoms with van der Waals surface area (Å²) in [6, 6.07) is 9.34. The molecule has 1 N–H and O–H groups in total. The summed E-state index contributed by atoms with van der Waals surface area (Å²) >= 11 is 1.16. The molecule has 1 amide bonds. The number of carbonyl (C=O) groups is 1. The summed E-state index contributed by atoms with van der Waals surface area (Å²) in [5, 5.41) is 26.9. The number of nitrogens with zero attached hydrogens (tertiary/aromatic N) is 3. The maximum atomic E-state index is 12.6. The highest BCUT2D eigenvalue weighted by atomic mass is 32.1. The summed E-state index contributed by atoms with van der Waals surface area (Å²) in [5.74, 6) is -0.00199. The summed E-state index contributed by atoms with van der Waals surface area (Å²) < 4.78 is 5.60. The highest BCUT2D eigenvalue weighted by Crippen LogP contribution is 2.31. The lowest BCUT2D eigenvalue weighted by atomic mass is 10.1. The molecule has 1 aromatic heterocycles. The lowest BCUT2D eigenvalue weighted by molar-refractivity contribution is -0.395. The summed E-state index contributed by atoms with van der Waals surface area (Å²) in [6.45, 7) is 5.13. The zero-order valence-corrected chi connectivity index (χ0v) is 17.6. The third-order valence-corrected chi connectivity index (χ3v) is 5.01. The summed E-state index contributed by atoms with van der Waals surface area (Å²) in [6.07, 6.45) is 0.0559. The molecule has 31 heavy (non-hydrogen) atoms. The van der Waals surface area contributed by atoms with Gasteiger partial charge in [-0.15, -0.1) is 11.3 Å². The first-order valence-corrected chi connectivity index (χ1v) is 10.0. The molecular formula is C20H18N4O6S. The maximum Gasteiger partial charge on any atom is 0.279 e. The van der Waals surface area contributed by atoms with E-state index in [9.17, 15) is 25.0 Å². The van der Waals surface area contributed by atoms with Gasteiger partial charge in [0.05, 0.1) is 27.2 Å². The lowest BCUT2D eigenvalue weighted by Gasteiger charge is -2.09. The SMILES string of the molecule is Cc1c([N+](=O)[O-])cc(C(=O)Nc2nc(-c3ccc(OC(C)C)cc3)cs2)cc1[N+](=O)[O-]. The number of nitro groups is 2. The van der Waals surface area contributed by atoms with Crippen LogP contribution in [0, 0.1) is 27.2 Å². The van der Waals surface area contributed by atoms with E-state index in [0.717, 1.165) is 34.8 Å². The van der Waals surface area contributed by atoms with Crippen LogP contribution in [0.1, 0.15) is 29.8 Å². The molecule has 0 aliphatic rings.